The van der Waals surface area contributed by atoms with Gasteiger partial charge in [-0.15, -0.1) is 0 Å². The van der Waals surface area contributed by atoms with Crippen molar-refractivity contribution in [2.45, 2.75) is 56.3 Å². The average molecular weight is 561 g/mol. The molecule has 2 aromatic rings. The smallest absolute Gasteiger partial charge is 0.326 e. The Hall–Kier alpha value is -3.78. The molecule has 0 radical (unpaired) electrons. The molecule has 1 saturated heterocycles. The molecule has 14 heteroatoms. The summed E-state index contributed by atoms with van der Waals surface area (Å²) < 4.78 is 0. The van der Waals surface area contributed by atoms with Gasteiger partial charge in [0, 0.05) is 42.4 Å². The number of carbonyl (C=O) groups excluding carboxylic acids is 3. The van der Waals surface area contributed by atoms with Crippen LogP contribution in [-0.2, 0) is 25.6 Å². The lowest BCUT2D eigenvalue weighted by atomic mass is 10.0. The highest BCUT2D eigenvalue weighted by Gasteiger charge is 2.38. The number of aliphatic imine (C=N–C) groups is 1. The number of aliphatic carboxylic acids is 1. The number of amides is 3. The minimum absolute atomic E-state index is 0.0815. The van der Waals surface area contributed by atoms with Crippen LogP contribution in [0.1, 0.15) is 31.2 Å². The van der Waals surface area contributed by atoms with Crippen LogP contribution in [0, 0.1) is 0 Å². The number of benzene rings is 1. The van der Waals surface area contributed by atoms with Gasteiger partial charge in [0.2, 0.25) is 17.7 Å². The van der Waals surface area contributed by atoms with Crippen LogP contribution in [0.2, 0.25) is 0 Å². The molecule has 10 N–H and O–H groups in total. The monoisotopic (exact) mass is 560 g/mol. The molecule has 0 bridgehead atoms. The quantitative estimate of drug-likeness (QED) is 0.0659. The number of hydrogen-bond acceptors (Lipinski definition) is 7. The number of nitrogens with two attached hydrogens (primary N) is 3. The Morgan fingerprint density at radius 3 is 2.62 bits per heavy atom. The molecular weight excluding hydrogens is 524 g/mol. The second-order valence-electron chi connectivity index (χ2n) is 9.45. The standard InChI is InChI=1S/C25H36N8O5S/c26-16(13-39)23(36)33-10-4-8-20(33)22(35)32-19(11-14-12-30-17-6-2-1-5-15(14)17)21(34)31-18(24(37)38)7-3-9-29-25(27)28/h1-2,5-6,12,16,18-20,30,39H,3-4,7-11,13,26H2,(H,31,34)(H,32,35)(H,37,38)(H4,27,28,29). The Bertz CT molecular complexity index is 1210. The largest absolute Gasteiger partial charge is 0.480 e. The summed E-state index contributed by atoms with van der Waals surface area (Å²) in [5.41, 5.74) is 18.1. The highest BCUT2D eigenvalue weighted by Crippen LogP contribution is 2.21. The van der Waals surface area contributed by atoms with Crippen molar-refractivity contribution in [3.8, 4) is 0 Å². The van der Waals surface area contributed by atoms with Crippen molar-refractivity contribution < 1.29 is 24.3 Å². The maximum absolute atomic E-state index is 13.4. The van der Waals surface area contributed by atoms with Gasteiger partial charge in [0.05, 0.1) is 6.04 Å². The summed E-state index contributed by atoms with van der Waals surface area (Å²) in [4.78, 5) is 59.7. The Morgan fingerprint density at radius 2 is 1.92 bits per heavy atom. The van der Waals surface area contributed by atoms with E-state index >= 15 is 0 Å². The van der Waals surface area contributed by atoms with E-state index in [2.05, 4.69) is 33.2 Å². The van der Waals surface area contributed by atoms with Gasteiger partial charge < -0.3 is 42.8 Å². The van der Waals surface area contributed by atoms with Crippen LogP contribution in [0.4, 0.5) is 0 Å². The third-order valence-corrected chi connectivity index (χ3v) is 7.04. The summed E-state index contributed by atoms with van der Waals surface area (Å²) in [7, 11) is 0. The first-order chi connectivity index (χ1) is 18.6. The van der Waals surface area contributed by atoms with Crippen molar-refractivity contribution in [2.24, 2.45) is 22.2 Å². The Balaban J connectivity index is 1.80. The van der Waals surface area contributed by atoms with E-state index in [1.165, 1.54) is 4.90 Å². The van der Waals surface area contributed by atoms with E-state index < -0.39 is 42.0 Å². The molecular formula is C25H36N8O5S. The zero-order valence-corrected chi connectivity index (χ0v) is 22.4. The number of aromatic amines is 1. The van der Waals surface area contributed by atoms with Crippen molar-refractivity contribution in [1.29, 1.82) is 0 Å². The van der Waals surface area contributed by atoms with Gasteiger partial charge in [0.15, 0.2) is 5.96 Å². The van der Waals surface area contributed by atoms with Gasteiger partial charge in [-0.25, -0.2) is 4.79 Å². The summed E-state index contributed by atoms with van der Waals surface area (Å²) >= 11 is 4.08. The lowest BCUT2D eigenvalue weighted by Crippen LogP contribution is -2.57. The minimum Gasteiger partial charge on any atom is -0.480 e. The fraction of sp³-hybridized carbons (Fsp3) is 0.480. The van der Waals surface area contributed by atoms with Crippen LogP contribution in [0.3, 0.4) is 0 Å². The van der Waals surface area contributed by atoms with Gasteiger partial charge >= 0.3 is 5.97 Å². The number of carboxylic acids is 1. The number of rotatable bonds is 13. The van der Waals surface area contributed by atoms with Gasteiger partial charge in [0.1, 0.15) is 18.1 Å². The number of fused-ring (bicyclic) bond motifs is 1. The summed E-state index contributed by atoms with van der Waals surface area (Å²) in [6.45, 7) is 0.575. The van der Waals surface area contributed by atoms with Gasteiger partial charge in [0.25, 0.3) is 0 Å². The predicted molar refractivity (Wildman–Crippen MR) is 150 cm³/mol. The average Bonchev–Trinajstić information content (AvgIpc) is 3.56. The number of thiol groups is 1. The number of nitrogens with one attached hydrogen (secondary N) is 3. The fourth-order valence-corrected chi connectivity index (χ4v) is 4.78. The number of carbonyl (C=O) groups is 4. The summed E-state index contributed by atoms with van der Waals surface area (Å²) in [6.07, 6.45) is 3.27. The predicted octanol–water partition coefficient (Wildman–Crippen LogP) is -0.934. The van der Waals surface area contributed by atoms with Crippen molar-refractivity contribution in [1.82, 2.24) is 20.5 Å². The lowest BCUT2D eigenvalue weighted by molar-refractivity contribution is -0.143. The number of H-pyrrole nitrogens is 1. The van der Waals surface area contributed by atoms with E-state index in [0.29, 0.717) is 25.8 Å². The fourth-order valence-electron chi connectivity index (χ4n) is 4.63. The molecule has 1 aromatic carbocycles. The first kappa shape index (κ1) is 29.8. The van der Waals surface area contributed by atoms with E-state index in [1.807, 2.05) is 24.3 Å². The number of aromatic nitrogens is 1. The van der Waals surface area contributed by atoms with E-state index in [9.17, 15) is 24.3 Å². The van der Waals surface area contributed by atoms with Crippen molar-refractivity contribution in [2.75, 3.05) is 18.8 Å². The number of hydrogen-bond donors (Lipinski definition) is 8. The number of nitrogens with zero attached hydrogens (tertiary/aromatic N) is 2. The van der Waals surface area contributed by atoms with Crippen LogP contribution < -0.4 is 27.8 Å². The molecule has 3 amide bonds. The molecule has 4 atom stereocenters. The van der Waals surface area contributed by atoms with Crippen LogP contribution in [-0.4, -0.2) is 87.7 Å². The third kappa shape index (κ3) is 7.86. The number of carboxylic acid groups (broad SMARTS) is 1. The molecule has 1 aromatic heterocycles. The second kappa shape index (κ2) is 13.8. The molecule has 2 heterocycles. The van der Waals surface area contributed by atoms with Gasteiger partial charge in [-0.05, 0) is 37.3 Å². The highest BCUT2D eigenvalue weighted by atomic mass is 32.1. The zero-order chi connectivity index (χ0) is 28.5. The van der Waals surface area contributed by atoms with Crippen LogP contribution >= 0.6 is 12.6 Å². The maximum Gasteiger partial charge on any atom is 0.326 e. The van der Waals surface area contributed by atoms with Crippen LogP contribution in [0.15, 0.2) is 35.5 Å². The van der Waals surface area contributed by atoms with Crippen molar-refractivity contribution >= 4 is 53.2 Å². The molecule has 1 aliphatic rings. The van der Waals surface area contributed by atoms with E-state index in [4.69, 9.17) is 17.2 Å². The molecule has 0 aliphatic carbocycles. The van der Waals surface area contributed by atoms with E-state index in [0.717, 1.165) is 16.5 Å². The minimum atomic E-state index is -1.22. The number of para-hydroxylation sites is 1. The number of likely N-dealkylation sites (tertiary alicyclic amines) is 1. The van der Waals surface area contributed by atoms with Crippen molar-refractivity contribution in [3.63, 3.8) is 0 Å². The van der Waals surface area contributed by atoms with Gasteiger partial charge in [-0.2, -0.15) is 12.6 Å². The third-order valence-electron chi connectivity index (χ3n) is 6.64. The van der Waals surface area contributed by atoms with E-state index in [-0.39, 0.29) is 37.0 Å². The Morgan fingerprint density at radius 1 is 1.18 bits per heavy atom. The van der Waals surface area contributed by atoms with Gasteiger partial charge in [-0.3, -0.25) is 19.4 Å². The normalized spacial score (nSPS) is 17.3. The van der Waals surface area contributed by atoms with Crippen LogP contribution in [0.5, 0.6) is 0 Å². The van der Waals surface area contributed by atoms with Gasteiger partial charge in [-0.1, -0.05) is 18.2 Å². The Labute approximate surface area is 231 Å². The molecule has 3 rings (SSSR count). The topological polar surface area (TPSA) is 222 Å². The zero-order valence-electron chi connectivity index (χ0n) is 21.5. The summed E-state index contributed by atoms with van der Waals surface area (Å²) in [5.74, 6) is -2.75. The highest BCUT2D eigenvalue weighted by molar-refractivity contribution is 7.80. The molecule has 13 nitrogen and oxygen atoms in total. The molecule has 0 spiro atoms. The molecule has 1 fully saturated rings. The Kier molecular flexibility index (Phi) is 10.6. The second-order valence-corrected chi connectivity index (χ2v) is 9.82. The lowest BCUT2D eigenvalue weighted by Gasteiger charge is -2.28. The molecule has 212 valence electrons. The first-order valence-electron chi connectivity index (χ1n) is 12.7. The SMILES string of the molecule is NC(N)=NCCCC(NC(=O)C(Cc1c[nH]c2ccccc12)NC(=O)C1CCCN1C(=O)C(N)CS)C(=O)O. The van der Waals surface area contributed by atoms with Crippen LogP contribution in [0.25, 0.3) is 10.9 Å². The van der Waals surface area contributed by atoms with E-state index in [1.54, 1.807) is 6.20 Å². The maximum atomic E-state index is 13.4. The number of guanidine groups is 1. The molecule has 1 aliphatic heterocycles. The summed E-state index contributed by atoms with van der Waals surface area (Å²) in [6, 6.07) is 3.54. The first-order valence-corrected chi connectivity index (χ1v) is 13.4. The summed E-state index contributed by atoms with van der Waals surface area (Å²) in [5, 5.41) is 15.9. The molecule has 4 unspecified atom stereocenters. The molecule has 39 heavy (non-hydrogen) atoms. The molecule has 0 saturated carbocycles. The van der Waals surface area contributed by atoms with Crippen molar-refractivity contribution in [3.05, 3.63) is 36.0 Å².